The summed E-state index contributed by atoms with van der Waals surface area (Å²) in [4.78, 5) is 0. The zero-order chi connectivity index (χ0) is 12.8. The topological polar surface area (TPSA) is 50.7 Å². The van der Waals surface area contributed by atoms with Crippen molar-refractivity contribution in [1.82, 2.24) is 5.32 Å². The maximum absolute atomic E-state index is 9.24. The highest BCUT2D eigenvalue weighted by Crippen LogP contribution is 1.87. The highest BCUT2D eigenvalue weighted by Gasteiger charge is 1.97. The van der Waals surface area contributed by atoms with E-state index in [4.69, 9.17) is 9.47 Å². The van der Waals surface area contributed by atoms with Gasteiger partial charge in [0.15, 0.2) is 0 Å². The average molecular weight is 243 g/mol. The van der Waals surface area contributed by atoms with Gasteiger partial charge >= 0.3 is 0 Å². The van der Waals surface area contributed by atoms with E-state index in [9.17, 15) is 5.11 Å². The second kappa shape index (κ2) is 13.5. The summed E-state index contributed by atoms with van der Waals surface area (Å²) >= 11 is 0. The van der Waals surface area contributed by atoms with E-state index >= 15 is 0 Å². The third-order valence-corrected chi connectivity index (χ3v) is 2.08. The highest BCUT2D eigenvalue weighted by molar-refractivity contribution is 5.01. The van der Waals surface area contributed by atoms with Gasteiger partial charge < -0.3 is 19.9 Å². The van der Waals surface area contributed by atoms with Crippen LogP contribution in [0, 0.1) is 11.8 Å². The van der Waals surface area contributed by atoms with E-state index in [2.05, 4.69) is 17.2 Å². The standard InChI is InChI=1S/C13H25NO3/c1-3-7-13(15)12-17-11-6-9-14-8-5-10-16-4-2/h13-15H,4-6,8-12H2,1-2H3. The second-order valence-corrected chi connectivity index (χ2v) is 3.64. The largest absolute Gasteiger partial charge is 0.382 e. The van der Waals surface area contributed by atoms with Crippen LogP contribution in [0.2, 0.25) is 0 Å². The van der Waals surface area contributed by atoms with Crippen molar-refractivity contribution in [2.45, 2.75) is 32.8 Å². The molecule has 2 N–H and O–H groups in total. The number of aliphatic hydroxyl groups is 1. The van der Waals surface area contributed by atoms with Crippen LogP contribution in [0.1, 0.15) is 26.7 Å². The minimum absolute atomic E-state index is 0.297. The number of hydrogen-bond donors (Lipinski definition) is 2. The molecule has 4 nitrogen and oxygen atoms in total. The quantitative estimate of drug-likeness (QED) is 0.416. The van der Waals surface area contributed by atoms with E-state index < -0.39 is 6.10 Å². The number of aliphatic hydroxyl groups excluding tert-OH is 1. The van der Waals surface area contributed by atoms with Crippen molar-refractivity contribution < 1.29 is 14.6 Å². The van der Waals surface area contributed by atoms with Crippen LogP contribution >= 0.6 is 0 Å². The van der Waals surface area contributed by atoms with Crippen molar-refractivity contribution in [2.24, 2.45) is 0 Å². The van der Waals surface area contributed by atoms with Crippen molar-refractivity contribution >= 4 is 0 Å². The average Bonchev–Trinajstić information content (AvgIpc) is 2.32. The Morgan fingerprint density at radius 3 is 2.41 bits per heavy atom. The molecule has 0 amide bonds. The van der Waals surface area contributed by atoms with Crippen LogP contribution in [0.15, 0.2) is 0 Å². The van der Waals surface area contributed by atoms with Gasteiger partial charge in [-0.1, -0.05) is 5.92 Å². The van der Waals surface area contributed by atoms with Crippen molar-refractivity contribution in [3.05, 3.63) is 0 Å². The van der Waals surface area contributed by atoms with E-state index in [1.807, 2.05) is 6.92 Å². The molecule has 1 atom stereocenters. The Labute approximate surface area is 105 Å². The van der Waals surface area contributed by atoms with E-state index in [1.165, 1.54) is 0 Å². The van der Waals surface area contributed by atoms with Crippen LogP contribution in [0.3, 0.4) is 0 Å². The summed E-state index contributed by atoms with van der Waals surface area (Å²) in [6.45, 7) is 8.17. The minimum Gasteiger partial charge on any atom is -0.382 e. The SMILES string of the molecule is CC#CC(O)COCCCNCCCOCC. The Morgan fingerprint density at radius 2 is 1.82 bits per heavy atom. The molecular weight excluding hydrogens is 218 g/mol. The summed E-state index contributed by atoms with van der Waals surface area (Å²) in [7, 11) is 0. The molecule has 1 unspecified atom stereocenters. The summed E-state index contributed by atoms with van der Waals surface area (Å²) in [5.74, 6) is 5.28. The van der Waals surface area contributed by atoms with E-state index in [1.54, 1.807) is 6.92 Å². The smallest absolute Gasteiger partial charge is 0.137 e. The van der Waals surface area contributed by atoms with Crippen LogP contribution in [-0.2, 0) is 9.47 Å². The lowest BCUT2D eigenvalue weighted by atomic mass is 10.4. The van der Waals surface area contributed by atoms with Gasteiger partial charge in [-0.25, -0.2) is 0 Å². The number of nitrogens with one attached hydrogen (secondary N) is 1. The molecule has 0 saturated carbocycles. The summed E-state index contributed by atoms with van der Waals surface area (Å²) in [5.41, 5.74) is 0. The molecule has 0 aromatic carbocycles. The first kappa shape index (κ1) is 16.4. The van der Waals surface area contributed by atoms with Crippen molar-refractivity contribution in [2.75, 3.05) is 39.5 Å². The molecule has 0 aliphatic rings. The molecule has 4 heteroatoms. The van der Waals surface area contributed by atoms with Gasteiger partial charge in [-0.3, -0.25) is 0 Å². The molecule has 0 saturated heterocycles. The monoisotopic (exact) mass is 243 g/mol. The predicted octanol–water partition coefficient (Wildman–Crippen LogP) is 0.793. The molecule has 0 rings (SSSR count). The fourth-order valence-corrected chi connectivity index (χ4v) is 1.27. The number of rotatable bonds is 11. The summed E-state index contributed by atoms with van der Waals surface area (Å²) in [6.07, 6.45) is 1.33. The first-order chi connectivity index (χ1) is 8.31. The fourth-order valence-electron chi connectivity index (χ4n) is 1.27. The van der Waals surface area contributed by atoms with Crippen LogP contribution in [0.4, 0.5) is 0 Å². The molecule has 17 heavy (non-hydrogen) atoms. The summed E-state index contributed by atoms with van der Waals surface area (Å²) in [5, 5.41) is 12.6. The minimum atomic E-state index is -0.654. The number of ether oxygens (including phenoxy) is 2. The van der Waals surface area contributed by atoms with Crippen molar-refractivity contribution in [1.29, 1.82) is 0 Å². The first-order valence-corrected chi connectivity index (χ1v) is 6.27. The summed E-state index contributed by atoms with van der Waals surface area (Å²) in [6, 6.07) is 0. The Kier molecular flexibility index (Phi) is 13.0. The Hall–Kier alpha value is -0.600. The lowest BCUT2D eigenvalue weighted by Crippen LogP contribution is -2.20. The normalized spacial score (nSPS) is 11.9. The van der Waals surface area contributed by atoms with Gasteiger partial charge in [0, 0.05) is 19.8 Å². The van der Waals surface area contributed by atoms with Crippen molar-refractivity contribution in [3.63, 3.8) is 0 Å². The molecule has 0 heterocycles. The molecule has 0 fully saturated rings. The van der Waals surface area contributed by atoms with Crippen LogP contribution in [-0.4, -0.2) is 50.7 Å². The fraction of sp³-hybridized carbons (Fsp3) is 0.846. The highest BCUT2D eigenvalue weighted by atomic mass is 16.5. The molecule has 0 aromatic rings. The van der Waals surface area contributed by atoms with Crippen LogP contribution < -0.4 is 5.32 Å². The van der Waals surface area contributed by atoms with E-state index in [0.717, 1.165) is 39.1 Å². The van der Waals surface area contributed by atoms with E-state index in [-0.39, 0.29) is 0 Å². The molecule has 0 radical (unpaired) electrons. The molecule has 100 valence electrons. The first-order valence-electron chi connectivity index (χ1n) is 6.27. The molecule has 0 spiro atoms. The number of hydrogen-bond acceptors (Lipinski definition) is 4. The Morgan fingerprint density at radius 1 is 1.18 bits per heavy atom. The zero-order valence-electron chi connectivity index (χ0n) is 11.0. The molecular formula is C13H25NO3. The lowest BCUT2D eigenvalue weighted by molar-refractivity contribution is 0.0626. The van der Waals surface area contributed by atoms with Crippen molar-refractivity contribution in [3.8, 4) is 11.8 Å². The Balaban J connectivity index is 3.05. The predicted molar refractivity (Wildman–Crippen MR) is 68.9 cm³/mol. The van der Waals surface area contributed by atoms with Gasteiger partial charge in [0.25, 0.3) is 0 Å². The van der Waals surface area contributed by atoms with Gasteiger partial charge in [0.1, 0.15) is 6.10 Å². The Bertz CT molecular complexity index is 210. The molecule has 0 bridgehead atoms. The molecule has 0 aliphatic heterocycles. The second-order valence-electron chi connectivity index (χ2n) is 3.64. The van der Waals surface area contributed by atoms with Crippen LogP contribution in [0.25, 0.3) is 0 Å². The third-order valence-electron chi connectivity index (χ3n) is 2.08. The lowest BCUT2D eigenvalue weighted by Gasteiger charge is -2.07. The summed E-state index contributed by atoms with van der Waals surface area (Å²) < 4.78 is 10.5. The van der Waals surface area contributed by atoms with Gasteiger partial charge in [-0.15, -0.1) is 5.92 Å². The van der Waals surface area contributed by atoms with E-state index in [0.29, 0.717) is 13.2 Å². The molecule has 0 aliphatic carbocycles. The van der Waals surface area contributed by atoms with Gasteiger partial charge in [-0.05, 0) is 39.8 Å². The van der Waals surface area contributed by atoms with Gasteiger partial charge in [0.2, 0.25) is 0 Å². The maximum atomic E-state index is 9.24. The maximum Gasteiger partial charge on any atom is 0.137 e. The van der Waals surface area contributed by atoms with Crippen LogP contribution in [0.5, 0.6) is 0 Å². The zero-order valence-corrected chi connectivity index (χ0v) is 11.0. The van der Waals surface area contributed by atoms with Gasteiger partial charge in [-0.2, -0.15) is 0 Å². The molecule has 0 aromatic heterocycles. The van der Waals surface area contributed by atoms with Gasteiger partial charge in [0.05, 0.1) is 6.61 Å². The third kappa shape index (κ3) is 13.3.